The van der Waals surface area contributed by atoms with Gasteiger partial charge >= 0.3 is 0 Å². The topological polar surface area (TPSA) is 104 Å². The summed E-state index contributed by atoms with van der Waals surface area (Å²) in [6.07, 6.45) is 8.71. The Balaban J connectivity index is 1.10. The van der Waals surface area contributed by atoms with Crippen LogP contribution in [0.15, 0.2) is 55.1 Å². The van der Waals surface area contributed by atoms with E-state index in [0.29, 0.717) is 29.1 Å². The first-order valence-corrected chi connectivity index (χ1v) is 12.2. The van der Waals surface area contributed by atoms with Gasteiger partial charge in [-0.3, -0.25) is 4.79 Å². The molecule has 3 aromatic heterocycles. The predicted octanol–water partition coefficient (Wildman–Crippen LogP) is 4.50. The number of carbonyl (C=O) groups is 1. The quantitative estimate of drug-likeness (QED) is 0.337. The second kappa shape index (κ2) is 8.94. The van der Waals surface area contributed by atoms with Crippen molar-refractivity contribution in [3.8, 4) is 0 Å². The molecule has 2 atom stereocenters. The number of aliphatic hydroxyl groups excluding tert-OH is 1. The predicted molar refractivity (Wildman–Crippen MR) is 133 cm³/mol. The minimum atomic E-state index is -0.0842. The number of halogens is 1. The number of amides is 1. The first-order valence-electron chi connectivity index (χ1n) is 11.8. The van der Waals surface area contributed by atoms with Crippen LogP contribution in [0, 0.1) is 5.92 Å². The van der Waals surface area contributed by atoms with E-state index in [0.717, 1.165) is 28.9 Å². The van der Waals surface area contributed by atoms with Gasteiger partial charge < -0.3 is 20.1 Å². The lowest BCUT2D eigenvalue weighted by atomic mass is 10.1. The zero-order valence-electron chi connectivity index (χ0n) is 19.0. The number of pyridine rings is 1. The van der Waals surface area contributed by atoms with Gasteiger partial charge in [-0.25, -0.2) is 15.0 Å². The molecule has 2 fully saturated rings. The van der Waals surface area contributed by atoms with Gasteiger partial charge in [0.2, 0.25) is 5.91 Å². The van der Waals surface area contributed by atoms with Gasteiger partial charge in [-0.05, 0) is 60.4 Å². The molecule has 4 aromatic rings. The number of rotatable bonds is 8. The molecule has 2 aliphatic rings. The molecule has 35 heavy (non-hydrogen) atoms. The number of aromatic nitrogens is 4. The summed E-state index contributed by atoms with van der Waals surface area (Å²) in [5.74, 6) is 1.70. The standard InChI is InChI=1S/C26H25ClN6O2/c27-19-3-1-2-16(7-19)21-8-22(21)26(35)32-24-9-23(29-14-30-24)28-10-20-12-33-11-17(15-4-5-15)6-18(13-34)25(33)31-20/h1-3,6-7,9,11-12,14-15,21-22,34H,4-5,8,10,13H2,(H2,28,29,30,32,35). The van der Waals surface area contributed by atoms with Gasteiger partial charge in [-0.2, -0.15) is 0 Å². The Kier molecular flexibility index (Phi) is 5.62. The minimum Gasteiger partial charge on any atom is -0.392 e. The van der Waals surface area contributed by atoms with Crippen LogP contribution in [0.4, 0.5) is 11.6 Å². The van der Waals surface area contributed by atoms with Gasteiger partial charge in [0.1, 0.15) is 23.6 Å². The number of hydrogen-bond donors (Lipinski definition) is 3. The number of hydrogen-bond acceptors (Lipinski definition) is 6. The highest BCUT2D eigenvalue weighted by molar-refractivity contribution is 6.30. The smallest absolute Gasteiger partial charge is 0.229 e. The molecule has 3 heterocycles. The molecule has 1 aromatic carbocycles. The number of carbonyl (C=O) groups excluding carboxylic acids is 1. The van der Waals surface area contributed by atoms with Crippen molar-refractivity contribution in [1.82, 2.24) is 19.4 Å². The van der Waals surface area contributed by atoms with Gasteiger partial charge in [-0.1, -0.05) is 23.7 Å². The van der Waals surface area contributed by atoms with Gasteiger partial charge in [0.15, 0.2) is 0 Å². The van der Waals surface area contributed by atoms with Crippen LogP contribution in [-0.4, -0.2) is 30.4 Å². The summed E-state index contributed by atoms with van der Waals surface area (Å²) in [6.45, 7) is 0.414. The van der Waals surface area contributed by atoms with Crippen LogP contribution >= 0.6 is 11.6 Å². The van der Waals surface area contributed by atoms with E-state index in [1.54, 1.807) is 6.07 Å². The number of anilines is 2. The summed E-state index contributed by atoms with van der Waals surface area (Å²) in [6, 6.07) is 11.4. The highest BCUT2D eigenvalue weighted by Crippen LogP contribution is 2.48. The molecule has 0 saturated heterocycles. The molecule has 178 valence electrons. The van der Waals surface area contributed by atoms with Crippen molar-refractivity contribution in [2.75, 3.05) is 10.6 Å². The second-order valence-corrected chi connectivity index (χ2v) is 9.77. The van der Waals surface area contributed by atoms with Gasteiger partial charge in [0, 0.05) is 35.0 Å². The van der Waals surface area contributed by atoms with Crippen LogP contribution in [-0.2, 0) is 17.9 Å². The lowest BCUT2D eigenvalue weighted by Crippen LogP contribution is -2.16. The molecular formula is C26H25ClN6O2. The Labute approximate surface area is 207 Å². The van der Waals surface area contributed by atoms with Crippen LogP contribution in [0.1, 0.15) is 53.5 Å². The Bertz CT molecular complexity index is 1420. The minimum absolute atomic E-state index is 0.0396. The Morgan fingerprint density at radius 2 is 1.97 bits per heavy atom. The molecule has 3 N–H and O–H groups in total. The van der Waals surface area contributed by atoms with Crippen molar-refractivity contribution in [3.63, 3.8) is 0 Å². The highest BCUT2D eigenvalue weighted by Gasteiger charge is 2.44. The molecule has 0 spiro atoms. The molecule has 1 amide bonds. The van der Waals surface area contributed by atoms with Crippen molar-refractivity contribution in [2.45, 2.75) is 44.2 Å². The van der Waals surface area contributed by atoms with E-state index in [1.165, 1.54) is 24.7 Å². The number of imidazole rings is 1. The Morgan fingerprint density at radius 1 is 1.11 bits per heavy atom. The van der Waals surface area contributed by atoms with E-state index in [-0.39, 0.29) is 24.3 Å². The van der Waals surface area contributed by atoms with Crippen molar-refractivity contribution in [2.24, 2.45) is 5.92 Å². The van der Waals surface area contributed by atoms with Crippen molar-refractivity contribution in [3.05, 3.63) is 82.5 Å². The monoisotopic (exact) mass is 488 g/mol. The normalized spacial score (nSPS) is 19.0. The van der Waals surface area contributed by atoms with Gasteiger partial charge in [0.25, 0.3) is 0 Å². The van der Waals surface area contributed by atoms with E-state index < -0.39 is 0 Å². The first-order chi connectivity index (χ1) is 17.1. The molecule has 6 rings (SSSR count). The average molecular weight is 489 g/mol. The molecule has 2 unspecified atom stereocenters. The number of benzene rings is 1. The summed E-state index contributed by atoms with van der Waals surface area (Å²) in [5, 5.41) is 16.6. The fraction of sp³-hybridized carbons (Fsp3) is 0.308. The van der Waals surface area contributed by atoms with Gasteiger partial charge in [-0.15, -0.1) is 0 Å². The molecule has 8 nitrogen and oxygen atoms in total. The maximum Gasteiger partial charge on any atom is 0.229 e. The maximum atomic E-state index is 12.7. The van der Waals surface area contributed by atoms with Gasteiger partial charge in [0.05, 0.1) is 18.8 Å². The van der Waals surface area contributed by atoms with Crippen molar-refractivity contribution in [1.29, 1.82) is 0 Å². The SMILES string of the molecule is O=C(Nc1cc(NCc2cn3cc(C4CC4)cc(CO)c3n2)ncn1)C1CC1c1cccc(Cl)c1. The summed E-state index contributed by atoms with van der Waals surface area (Å²) in [4.78, 5) is 25.9. The van der Waals surface area contributed by atoms with E-state index in [2.05, 4.69) is 37.8 Å². The zero-order valence-corrected chi connectivity index (χ0v) is 19.7. The van der Waals surface area contributed by atoms with Crippen molar-refractivity contribution < 1.29 is 9.90 Å². The molecule has 0 radical (unpaired) electrons. The first kappa shape index (κ1) is 22.0. The Morgan fingerprint density at radius 3 is 2.77 bits per heavy atom. The third-order valence-electron chi connectivity index (χ3n) is 6.69. The van der Waals surface area contributed by atoms with Crippen LogP contribution in [0.3, 0.4) is 0 Å². The summed E-state index contributed by atoms with van der Waals surface area (Å²) in [7, 11) is 0. The summed E-state index contributed by atoms with van der Waals surface area (Å²) in [5.41, 5.74) is 4.78. The molecule has 0 bridgehead atoms. The zero-order chi connectivity index (χ0) is 23.9. The molecule has 2 saturated carbocycles. The van der Waals surface area contributed by atoms with Crippen molar-refractivity contribution >= 4 is 34.8 Å². The van der Waals surface area contributed by atoms with Crippen LogP contribution in [0.5, 0.6) is 0 Å². The fourth-order valence-electron chi connectivity index (χ4n) is 4.60. The lowest BCUT2D eigenvalue weighted by molar-refractivity contribution is -0.117. The highest BCUT2D eigenvalue weighted by atomic mass is 35.5. The van der Waals surface area contributed by atoms with Crippen LogP contribution < -0.4 is 10.6 Å². The third kappa shape index (κ3) is 4.72. The fourth-order valence-corrected chi connectivity index (χ4v) is 4.80. The largest absolute Gasteiger partial charge is 0.392 e. The summed E-state index contributed by atoms with van der Waals surface area (Å²) < 4.78 is 1.99. The average Bonchev–Trinajstić information content (AvgIpc) is 3.78. The number of fused-ring (bicyclic) bond motifs is 1. The third-order valence-corrected chi connectivity index (χ3v) is 6.93. The lowest BCUT2D eigenvalue weighted by Gasteiger charge is -2.07. The van der Waals surface area contributed by atoms with E-state index in [4.69, 9.17) is 11.6 Å². The molecular weight excluding hydrogens is 464 g/mol. The Hall–Kier alpha value is -3.49. The number of nitrogens with zero attached hydrogens (tertiary/aromatic N) is 4. The maximum absolute atomic E-state index is 12.7. The second-order valence-electron chi connectivity index (χ2n) is 9.33. The summed E-state index contributed by atoms with van der Waals surface area (Å²) >= 11 is 6.08. The number of nitrogens with one attached hydrogen (secondary N) is 2. The van der Waals surface area contributed by atoms with E-state index in [9.17, 15) is 9.90 Å². The molecule has 9 heteroatoms. The van der Waals surface area contributed by atoms with E-state index >= 15 is 0 Å². The van der Waals surface area contributed by atoms with Crippen LogP contribution in [0.2, 0.25) is 5.02 Å². The molecule has 2 aliphatic carbocycles. The number of aliphatic hydroxyl groups is 1. The molecule has 0 aliphatic heterocycles. The van der Waals surface area contributed by atoms with E-state index in [1.807, 2.05) is 34.9 Å². The van der Waals surface area contributed by atoms with Crippen LogP contribution in [0.25, 0.3) is 5.65 Å².